The van der Waals surface area contributed by atoms with Gasteiger partial charge >= 0.3 is 0 Å². The number of benzene rings is 2. The molecule has 2 aromatic rings. The van der Waals surface area contributed by atoms with Gasteiger partial charge in [-0.25, -0.2) is 0 Å². The third-order valence-corrected chi connectivity index (χ3v) is 3.18. The Hall–Kier alpha value is -1.80. The largest absolute Gasteiger partial charge is 0.395 e. The van der Waals surface area contributed by atoms with E-state index in [4.69, 9.17) is 0 Å². The molecule has 0 saturated heterocycles. The van der Waals surface area contributed by atoms with E-state index in [-0.39, 0.29) is 12.6 Å². The van der Waals surface area contributed by atoms with Crippen molar-refractivity contribution in [3.05, 3.63) is 66.2 Å². The molecule has 1 N–H and O–H groups in total. The molecule has 18 heavy (non-hydrogen) atoms. The minimum Gasteiger partial charge on any atom is -0.395 e. The monoisotopic (exact) mass is 241 g/mol. The van der Waals surface area contributed by atoms with E-state index < -0.39 is 0 Å². The Bertz CT molecular complexity index is 455. The van der Waals surface area contributed by atoms with Crippen molar-refractivity contribution in [2.24, 2.45) is 0 Å². The summed E-state index contributed by atoms with van der Waals surface area (Å²) in [5.74, 6) is 0. The zero-order chi connectivity index (χ0) is 12.8. The number of anilines is 1. The Labute approximate surface area is 109 Å². The van der Waals surface area contributed by atoms with Gasteiger partial charge in [0.15, 0.2) is 0 Å². The van der Waals surface area contributed by atoms with Crippen LogP contribution < -0.4 is 4.90 Å². The van der Waals surface area contributed by atoms with Crippen LogP contribution in [0.15, 0.2) is 60.7 Å². The van der Waals surface area contributed by atoms with Crippen molar-refractivity contribution in [1.29, 1.82) is 0 Å². The molecule has 0 bridgehead atoms. The first-order chi connectivity index (χ1) is 8.83. The van der Waals surface area contributed by atoms with Crippen LogP contribution in [0.5, 0.6) is 0 Å². The normalized spacial score (nSPS) is 12.1. The van der Waals surface area contributed by atoms with Crippen LogP contribution in [0.2, 0.25) is 0 Å². The van der Waals surface area contributed by atoms with Crippen LogP contribution in [0.1, 0.15) is 18.5 Å². The summed E-state index contributed by atoms with van der Waals surface area (Å²) in [4.78, 5) is 2.22. The second-order valence-electron chi connectivity index (χ2n) is 4.34. The fraction of sp³-hybridized carbons (Fsp3) is 0.250. The number of hydrogen-bond donors (Lipinski definition) is 1. The van der Waals surface area contributed by atoms with Gasteiger partial charge < -0.3 is 10.0 Å². The van der Waals surface area contributed by atoms with Gasteiger partial charge in [0, 0.05) is 12.2 Å². The van der Waals surface area contributed by atoms with E-state index in [1.807, 2.05) is 36.4 Å². The van der Waals surface area contributed by atoms with Gasteiger partial charge in [0.25, 0.3) is 0 Å². The van der Waals surface area contributed by atoms with E-state index in [0.717, 1.165) is 5.69 Å². The fourth-order valence-corrected chi connectivity index (χ4v) is 2.19. The summed E-state index contributed by atoms with van der Waals surface area (Å²) < 4.78 is 0. The van der Waals surface area contributed by atoms with Crippen LogP contribution in [0.25, 0.3) is 0 Å². The summed E-state index contributed by atoms with van der Waals surface area (Å²) in [6.07, 6.45) is 0. The lowest BCUT2D eigenvalue weighted by Crippen LogP contribution is -2.29. The molecule has 0 aliphatic rings. The molecule has 2 nitrogen and oxygen atoms in total. The molecular formula is C16H19NO. The van der Waals surface area contributed by atoms with Crippen LogP contribution in [-0.4, -0.2) is 18.3 Å². The summed E-state index contributed by atoms with van der Waals surface area (Å²) >= 11 is 0. The van der Waals surface area contributed by atoms with Gasteiger partial charge in [0.05, 0.1) is 12.6 Å². The van der Waals surface area contributed by atoms with Crippen molar-refractivity contribution in [3.63, 3.8) is 0 Å². The average molecular weight is 241 g/mol. The maximum atomic E-state index is 9.25. The molecule has 2 heteroatoms. The lowest BCUT2D eigenvalue weighted by atomic mass is 10.1. The van der Waals surface area contributed by atoms with Crippen LogP contribution >= 0.6 is 0 Å². The second kappa shape index (κ2) is 6.22. The van der Waals surface area contributed by atoms with E-state index in [1.54, 1.807) is 0 Å². The number of rotatable bonds is 5. The number of hydrogen-bond acceptors (Lipinski definition) is 2. The fourth-order valence-electron chi connectivity index (χ4n) is 2.19. The molecule has 0 aromatic heterocycles. The summed E-state index contributed by atoms with van der Waals surface area (Å²) in [6.45, 7) is 2.96. The molecule has 2 aromatic carbocycles. The quantitative estimate of drug-likeness (QED) is 0.868. The van der Waals surface area contributed by atoms with Crippen molar-refractivity contribution in [3.8, 4) is 0 Å². The highest BCUT2D eigenvalue weighted by Crippen LogP contribution is 2.25. The van der Waals surface area contributed by atoms with Gasteiger partial charge in [0.2, 0.25) is 0 Å². The van der Waals surface area contributed by atoms with Crippen LogP contribution in [0.3, 0.4) is 0 Å². The summed E-state index contributed by atoms with van der Waals surface area (Å²) in [5, 5.41) is 9.25. The summed E-state index contributed by atoms with van der Waals surface area (Å²) in [7, 11) is 0. The van der Waals surface area contributed by atoms with Crippen molar-refractivity contribution in [1.82, 2.24) is 0 Å². The molecule has 0 heterocycles. The first-order valence-corrected chi connectivity index (χ1v) is 6.30. The van der Waals surface area contributed by atoms with Gasteiger partial charge in [-0.15, -0.1) is 0 Å². The zero-order valence-corrected chi connectivity index (χ0v) is 10.7. The van der Waals surface area contributed by atoms with Gasteiger partial charge in [-0.05, 0) is 24.6 Å². The lowest BCUT2D eigenvalue weighted by molar-refractivity contribution is 0.298. The predicted octanol–water partition coefficient (Wildman–Crippen LogP) is 3.25. The number of nitrogens with zero attached hydrogens (tertiary/aromatic N) is 1. The van der Waals surface area contributed by atoms with Crippen LogP contribution in [0, 0.1) is 0 Å². The molecule has 0 aliphatic heterocycles. The average Bonchev–Trinajstić information content (AvgIpc) is 2.46. The van der Waals surface area contributed by atoms with Crippen LogP contribution in [-0.2, 0) is 0 Å². The van der Waals surface area contributed by atoms with Crippen LogP contribution in [0.4, 0.5) is 5.69 Å². The minimum absolute atomic E-state index is 0.159. The van der Waals surface area contributed by atoms with Gasteiger partial charge in [0.1, 0.15) is 0 Å². The SMILES string of the molecule is CC(c1ccccc1)N(CCO)c1ccccc1. The standard InChI is InChI=1S/C16H19NO/c1-14(15-8-4-2-5-9-15)17(12-13-18)16-10-6-3-7-11-16/h2-11,14,18H,12-13H2,1H3. The lowest BCUT2D eigenvalue weighted by Gasteiger charge is -2.31. The number of aliphatic hydroxyl groups is 1. The summed E-state index contributed by atoms with van der Waals surface area (Å²) in [6, 6.07) is 20.8. The topological polar surface area (TPSA) is 23.5 Å². The van der Waals surface area contributed by atoms with E-state index in [2.05, 4.69) is 36.1 Å². The first kappa shape index (κ1) is 12.7. The van der Waals surface area contributed by atoms with Gasteiger partial charge in [-0.3, -0.25) is 0 Å². The maximum Gasteiger partial charge on any atom is 0.0606 e. The van der Waals surface area contributed by atoms with Gasteiger partial charge in [-0.2, -0.15) is 0 Å². The molecule has 0 fully saturated rings. The molecule has 0 radical (unpaired) electrons. The molecular weight excluding hydrogens is 222 g/mol. The zero-order valence-electron chi connectivity index (χ0n) is 10.7. The Morgan fingerprint density at radius 1 is 0.944 bits per heavy atom. The Balaban J connectivity index is 2.26. The van der Waals surface area contributed by atoms with E-state index in [0.29, 0.717) is 6.54 Å². The molecule has 2 rings (SSSR count). The molecule has 0 saturated carbocycles. The Kier molecular flexibility index (Phi) is 4.37. The minimum atomic E-state index is 0.159. The third-order valence-electron chi connectivity index (χ3n) is 3.18. The third kappa shape index (κ3) is 2.90. The highest BCUT2D eigenvalue weighted by molar-refractivity contribution is 5.48. The van der Waals surface area contributed by atoms with Crippen molar-refractivity contribution in [2.75, 3.05) is 18.1 Å². The first-order valence-electron chi connectivity index (χ1n) is 6.30. The predicted molar refractivity (Wildman–Crippen MR) is 75.7 cm³/mol. The van der Waals surface area contributed by atoms with E-state index in [1.165, 1.54) is 5.56 Å². The highest BCUT2D eigenvalue weighted by atomic mass is 16.3. The maximum absolute atomic E-state index is 9.25. The molecule has 94 valence electrons. The smallest absolute Gasteiger partial charge is 0.0606 e. The molecule has 1 unspecified atom stereocenters. The molecule has 0 amide bonds. The number of para-hydroxylation sites is 1. The number of aliphatic hydroxyl groups excluding tert-OH is 1. The van der Waals surface area contributed by atoms with Crippen molar-refractivity contribution in [2.45, 2.75) is 13.0 Å². The van der Waals surface area contributed by atoms with Gasteiger partial charge in [-0.1, -0.05) is 48.5 Å². The molecule has 0 aliphatic carbocycles. The van der Waals surface area contributed by atoms with Crippen molar-refractivity contribution < 1.29 is 5.11 Å². The Morgan fingerprint density at radius 3 is 2.06 bits per heavy atom. The van der Waals surface area contributed by atoms with E-state index in [9.17, 15) is 5.11 Å². The second-order valence-corrected chi connectivity index (χ2v) is 4.34. The van der Waals surface area contributed by atoms with Crippen molar-refractivity contribution >= 4 is 5.69 Å². The molecule has 1 atom stereocenters. The molecule has 0 spiro atoms. The Morgan fingerprint density at radius 2 is 1.50 bits per heavy atom. The van der Waals surface area contributed by atoms with E-state index >= 15 is 0 Å². The summed E-state index contributed by atoms with van der Waals surface area (Å²) in [5.41, 5.74) is 2.40. The highest BCUT2D eigenvalue weighted by Gasteiger charge is 2.15.